The van der Waals surface area contributed by atoms with Crippen LogP contribution in [0.2, 0.25) is 0 Å². The van der Waals surface area contributed by atoms with Crippen LogP contribution in [-0.4, -0.2) is 30.1 Å². The van der Waals surface area contributed by atoms with Crippen LogP contribution in [0.3, 0.4) is 0 Å². The summed E-state index contributed by atoms with van der Waals surface area (Å²) in [5.41, 5.74) is 0.929. The molecule has 0 fully saturated rings. The SMILES string of the molecule is COc1ccc(OC)c(NC(=O)CCc2nc3ccccc3c(=O)[nH]2)c1. The molecule has 0 bridgehead atoms. The van der Waals surface area contributed by atoms with Gasteiger partial charge in [0, 0.05) is 18.9 Å². The highest BCUT2D eigenvalue weighted by atomic mass is 16.5. The third-order valence-electron chi connectivity index (χ3n) is 3.93. The highest BCUT2D eigenvalue weighted by Crippen LogP contribution is 2.29. The van der Waals surface area contributed by atoms with E-state index in [9.17, 15) is 9.59 Å². The first-order chi connectivity index (χ1) is 12.6. The van der Waals surface area contributed by atoms with E-state index >= 15 is 0 Å². The van der Waals surface area contributed by atoms with Crippen LogP contribution in [-0.2, 0) is 11.2 Å². The first-order valence-electron chi connectivity index (χ1n) is 8.10. The maximum Gasteiger partial charge on any atom is 0.258 e. The largest absolute Gasteiger partial charge is 0.497 e. The number of aryl methyl sites for hydroxylation is 1. The quantitative estimate of drug-likeness (QED) is 0.710. The van der Waals surface area contributed by atoms with Gasteiger partial charge < -0.3 is 19.8 Å². The van der Waals surface area contributed by atoms with Crippen LogP contribution in [0.25, 0.3) is 10.9 Å². The van der Waals surface area contributed by atoms with Crippen molar-refractivity contribution in [3.8, 4) is 11.5 Å². The Morgan fingerprint density at radius 2 is 1.96 bits per heavy atom. The molecule has 0 aliphatic heterocycles. The zero-order chi connectivity index (χ0) is 18.5. The Bertz CT molecular complexity index is 997. The molecular weight excluding hydrogens is 334 g/mol. The number of hydrogen-bond acceptors (Lipinski definition) is 5. The number of carbonyl (C=O) groups is 1. The number of anilines is 1. The summed E-state index contributed by atoms with van der Waals surface area (Å²) in [6.45, 7) is 0. The molecule has 0 saturated heterocycles. The number of rotatable bonds is 6. The van der Waals surface area contributed by atoms with Crippen molar-refractivity contribution in [1.29, 1.82) is 0 Å². The summed E-state index contributed by atoms with van der Waals surface area (Å²) in [6.07, 6.45) is 0.486. The number of ether oxygens (including phenoxy) is 2. The topological polar surface area (TPSA) is 93.3 Å². The van der Waals surface area contributed by atoms with Crippen LogP contribution in [0.5, 0.6) is 11.5 Å². The highest BCUT2D eigenvalue weighted by molar-refractivity contribution is 5.92. The van der Waals surface area contributed by atoms with Crippen molar-refractivity contribution in [3.63, 3.8) is 0 Å². The average molecular weight is 353 g/mol. The molecule has 0 saturated carbocycles. The van der Waals surface area contributed by atoms with Crippen molar-refractivity contribution in [2.75, 3.05) is 19.5 Å². The smallest absolute Gasteiger partial charge is 0.258 e. The molecule has 1 aromatic heterocycles. The molecule has 7 heteroatoms. The predicted octanol–water partition coefficient (Wildman–Crippen LogP) is 2.51. The maximum atomic E-state index is 12.3. The monoisotopic (exact) mass is 353 g/mol. The number of aromatic nitrogens is 2. The summed E-state index contributed by atoms with van der Waals surface area (Å²) in [5, 5.41) is 3.32. The second kappa shape index (κ2) is 7.69. The maximum absolute atomic E-state index is 12.3. The fourth-order valence-electron chi connectivity index (χ4n) is 2.61. The van der Waals surface area contributed by atoms with E-state index in [-0.39, 0.29) is 17.9 Å². The Morgan fingerprint density at radius 3 is 2.73 bits per heavy atom. The minimum Gasteiger partial charge on any atom is -0.497 e. The number of hydrogen-bond donors (Lipinski definition) is 2. The molecule has 134 valence electrons. The molecule has 0 radical (unpaired) electrons. The molecule has 7 nitrogen and oxygen atoms in total. The van der Waals surface area contributed by atoms with Gasteiger partial charge in [-0.2, -0.15) is 0 Å². The van der Waals surface area contributed by atoms with Gasteiger partial charge >= 0.3 is 0 Å². The highest BCUT2D eigenvalue weighted by Gasteiger charge is 2.11. The van der Waals surface area contributed by atoms with E-state index in [0.29, 0.717) is 40.3 Å². The molecule has 3 aromatic rings. The first kappa shape index (κ1) is 17.5. The van der Waals surface area contributed by atoms with Crippen molar-refractivity contribution < 1.29 is 14.3 Å². The summed E-state index contributed by atoms with van der Waals surface area (Å²) < 4.78 is 10.4. The van der Waals surface area contributed by atoms with Crippen LogP contribution in [0, 0.1) is 0 Å². The molecule has 2 aromatic carbocycles. The Morgan fingerprint density at radius 1 is 1.15 bits per heavy atom. The number of nitrogens with zero attached hydrogens (tertiary/aromatic N) is 1. The number of fused-ring (bicyclic) bond motifs is 1. The Hall–Kier alpha value is -3.35. The van der Waals surface area contributed by atoms with Crippen LogP contribution in [0.15, 0.2) is 47.3 Å². The summed E-state index contributed by atoms with van der Waals surface area (Å²) in [5.74, 6) is 1.41. The molecule has 26 heavy (non-hydrogen) atoms. The van der Waals surface area contributed by atoms with Gasteiger partial charge in [0.05, 0.1) is 30.8 Å². The third-order valence-corrected chi connectivity index (χ3v) is 3.93. The normalized spacial score (nSPS) is 10.5. The van der Waals surface area contributed by atoms with Crippen LogP contribution < -0.4 is 20.3 Å². The molecule has 1 heterocycles. The number of nitrogens with one attached hydrogen (secondary N) is 2. The summed E-state index contributed by atoms with van der Waals surface area (Å²) in [7, 11) is 3.08. The van der Waals surface area contributed by atoms with Gasteiger partial charge in [0.2, 0.25) is 5.91 Å². The number of aromatic amines is 1. The van der Waals surface area contributed by atoms with Crippen molar-refractivity contribution >= 4 is 22.5 Å². The van der Waals surface area contributed by atoms with Crippen molar-refractivity contribution in [2.24, 2.45) is 0 Å². The van der Waals surface area contributed by atoms with Crippen molar-refractivity contribution in [1.82, 2.24) is 9.97 Å². The molecule has 2 N–H and O–H groups in total. The summed E-state index contributed by atoms with van der Waals surface area (Å²) >= 11 is 0. The van der Waals surface area contributed by atoms with Crippen molar-refractivity contribution in [2.45, 2.75) is 12.8 Å². The number of amides is 1. The van der Waals surface area contributed by atoms with Crippen LogP contribution in [0.4, 0.5) is 5.69 Å². The second-order valence-electron chi connectivity index (χ2n) is 5.64. The Labute approximate surface area is 150 Å². The minimum atomic E-state index is -0.215. The van der Waals surface area contributed by atoms with Gasteiger partial charge in [-0.15, -0.1) is 0 Å². The number of benzene rings is 2. The number of methoxy groups -OCH3 is 2. The van der Waals surface area contributed by atoms with Gasteiger partial charge in [0.25, 0.3) is 5.56 Å². The lowest BCUT2D eigenvalue weighted by Gasteiger charge is -2.11. The molecule has 0 atom stereocenters. The number of H-pyrrole nitrogens is 1. The predicted molar refractivity (Wildman–Crippen MR) is 98.9 cm³/mol. The lowest BCUT2D eigenvalue weighted by Crippen LogP contribution is -2.16. The van der Waals surface area contributed by atoms with E-state index in [4.69, 9.17) is 9.47 Å². The van der Waals surface area contributed by atoms with Gasteiger partial charge in [-0.05, 0) is 24.3 Å². The molecule has 0 aliphatic carbocycles. The third kappa shape index (κ3) is 3.83. The molecule has 3 rings (SSSR count). The molecule has 1 amide bonds. The molecule has 0 aliphatic rings. The van der Waals surface area contributed by atoms with E-state index in [0.717, 1.165) is 0 Å². The fourth-order valence-corrected chi connectivity index (χ4v) is 2.61. The van der Waals surface area contributed by atoms with E-state index < -0.39 is 0 Å². The van der Waals surface area contributed by atoms with Gasteiger partial charge in [-0.1, -0.05) is 12.1 Å². The zero-order valence-corrected chi connectivity index (χ0v) is 14.5. The van der Waals surface area contributed by atoms with Gasteiger partial charge in [0.15, 0.2) is 0 Å². The fraction of sp³-hybridized carbons (Fsp3) is 0.211. The van der Waals surface area contributed by atoms with E-state index in [2.05, 4.69) is 15.3 Å². The number of para-hydroxylation sites is 1. The average Bonchev–Trinajstić information content (AvgIpc) is 2.66. The van der Waals surface area contributed by atoms with Crippen LogP contribution in [0.1, 0.15) is 12.2 Å². The van der Waals surface area contributed by atoms with Gasteiger partial charge in [0.1, 0.15) is 17.3 Å². The van der Waals surface area contributed by atoms with E-state index in [1.165, 1.54) is 7.11 Å². The van der Waals surface area contributed by atoms with Gasteiger partial charge in [-0.3, -0.25) is 9.59 Å². The number of carbonyl (C=O) groups excluding carboxylic acids is 1. The Kier molecular flexibility index (Phi) is 5.17. The Balaban J connectivity index is 1.71. The lowest BCUT2D eigenvalue weighted by atomic mass is 10.2. The molecular formula is C19H19N3O4. The lowest BCUT2D eigenvalue weighted by molar-refractivity contribution is -0.116. The van der Waals surface area contributed by atoms with E-state index in [1.54, 1.807) is 43.5 Å². The van der Waals surface area contributed by atoms with Crippen molar-refractivity contribution in [3.05, 3.63) is 58.6 Å². The first-order valence-corrected chi connectivity index (χ1v) is 8.10. The van der Waals surface area contributed by atoms with Crippen LogP contribution >= 0.6 is 0 Å². The van der Waals surface area contributed by atoms with E-state index in [1.807, 2.05) is 6.07 Å². The molecule has 0 spiro atoms. The minimum absolute atomic E-state index is 0.168. The summed E-state index contributed by atoms with van der Waals surface area (Å²) in [4.78, 5) is 31.5. The second-order valence-corrected chi connectivity index (χ2v) is 5.64. The zero-order valence-electron chi connectivity index (χ0n) is 14.5. The molecule has 0 unspecified atom stereocenters. The summed E-state index contributed by atoms with van der Waals surface area (Å²) in [6, 6.07) is 12.2. The van der Waals surface area contributed by atoms with Gasteiger partial charge in [-0.25, -0.2) is 4.98 Å². The standard InChI is InChI=1S/C19H19N3O4/c1-25-12-7-8-16(26-2)15(11-12)21-18(23)10-9-17-20-14-6-4-3-5-13(14)19(24)22-17/h3-8,11H,9-10H2,1-2H3,(H,21,23)(H,20,22,24).